The molecule has 1 aliphatic heterocycles. The number of aromatic nitrogens is 1. The molecule has 0 saturated carbocycles. The Morgan fingerprint density at radius 2 is 2.12 bits per heavy atom. The molecular formula is C25H31N4O3. The molecule has 1 aromatic carbocycles. The van der Waals surface area contributed by atoms with E-state index in [9.17, 15) is 14.4 Å². The number of nitrogens with two attached hydrogens (primary N) is 1. The Hall–Kier alpha value is -3.06. The molecule has 1 saturated heterocycles. The zero-order chi connectivity index (χ0) is 22.9. The Bertz CT molecular complexity index is 932. The Kier molecular flexibility index (Phi) is 8.50. The molecule has 0 aliphatic carbocycles. The van der Waals surface area contributed by atoms with Crippen molar-refractivity contribution >= 4 is 17.6 Å². The first kappa shape index (κ1) is 23.6. The minimum Gasteiger partial charge on any atom is -0.369 e. The van der Waals surface area contributed by atoms with E-state index in [4.69, 9.17) is 5.73 Å². The van der Waals surface area contributed by atoms with Crippen molar-refractivity contribution in [1.29, 1.82) is 0 Å². The highest BCUT2D eigenvalue weighted by Gasteiger charge is 2.30. The molecule has 3 rings (SSSR count). The van der Waals surface area contributed by atoms with E-state index in [2.05, 4.69) is 16.4 Å². The van der Waals surface area contributed by atoms with Crippen molar-refractivity contribution in [3.63, 3.8) is 0 Å². The van der Waals surface area contributed by atoms with Crippen LogP contribution in [-0.2, 0) is 20.8 Å². The van der Waals surface area contributed by atoms with E-state index in [1.165, 1.54) is 6.42 Å². The number of carbonyl (C=O) groups excluding carboxylic acids is 3. The first-order chi connectivity index (χ1) is 15.5. The van der Waals surface area contributed by atoms with Gasteiger partial charge in [-0.3, -0.25) is 19.4 Å². The molecule has 1 fully saturated rings. The fourth-order valence-electron chi connectivity index (χ4n) is 3.84. The van der Waals surface area contributed by atoms with Crippen LogP contribution in [0.4, 0.5) is 0 Å². The first-order valence-electron chi connectivity index (χ1n) is 11.1. The van der Waals surface area contributed by atoms with Gasteiger partial charge >= 0.3 is 0 Å². The summed E-state index contributed by atoms with van der Waals surface area (Å²) in [5.74, 6) is -1.07. The van der Waals surface area contributed by atoms with Crippen LogP contribution in [0.1, 0.15) is 31.7 Å². The normalized spacial score (nSPS) is 17.4. The van der Waals surface area contributed by atoms with Gasteiger partial charge in [0.1, 0.15) is 0 Å². The van der Waals surface area contributed by atoms with E-state index in [0.29, 0.717) is 19.4 Å². The molecule has 2 atom stereocenters. The summed E-state index contributed by atoms with van der Waals surface area (Å²) in [6, 6.07) is 13.4. The maximum absolute atomic E-state index is 13.1. The highest BCUT2D eigenvalue weighted by atomic mass is 16.2. The summed E-state index contributed by atoms with van der Waals surface area (Å²) in [7, 11) is 0. The third-order valence-corrected chi connectivity index (χ3v) is 5.82. The number of hydrogen-bond acceptors (Lipinski definition) is 5. The Morgan fingerprint density at radius 3 is 2.88 bits per heavy atom. The molecule has 0 spiro atoms. The molecule has 169 valence electrons. The molecule has 1 aliphatic rings. The van der Waals surface area contributed by atoms with Crippen LogP contribution in [0.2, 0.25) is 0 Å². The molecule has 2 heterocycles. The number of rotatable bonds is 9. The summed E-state index contributed by atoms with van der Waals surface area (Å²) >= 11 is 0. The molecular weight excluding hydrogens is 404 g/mol. The number of hydrogen-bond donors (Lipinski definition) is 2. The molecule has 2 amide bonds. The molecule has 2 aromatic rings. The summed E-state index contributed by atoms with van der Waals surface area (Å²) in [6.07, 6.45) is 5.59. The predicted molar refractivity (Wildman–Crippen MR) is 123 cm³/mol. The number of amides is 2. The highest BCUT2D eigenvalue weighted by Crippen LogP contribution is 2.20. The number of nitrogens with one attached hydrogen (secondary N) is 1. The fraction of sp³-hybridized carbons (Fsp3) is 0.400. The van der Waals surface area contributed by atoms with Gasteiger partial charge in [-0.15, -0.1) is 0 Å². The van der Waals surface area contributed by atoms with Gasteiger partial charge in [-0.2, -0.15) is 0 Å². The van der Waals surface area contributed by atoms with Gasteiger partial charge in [-0.25, -0.2) is 0 Å². The third kappa shape index (κ3) is 6.47. The van der Waals surface area contributed by atoms with Crippen molar-refractivity contribution in [2.75, 3.05) is 19.6 Å². The van der Waals surface area contributed by atoms with E-state index < -0.39 is 17.9 Å². The zero-order valence-corrected chi connectivity index (χ0v) is 18.5. The molecule has 0 bridgehead atoms. The largest absolute Gasteiger partial charge is 0.369 e. The quantitative estimate of drug-likeness (QED) is 0.628. The number of Topliss-reactive ketones (excluding diaryl/α,β-unsaturated/α-hetero) is 1. The molecule has 32 heavy (non-hydrogen) atoms. The van der Waals surface area contributed by atoms with Crippen LogP contribution in [0, 0.1) is 12.3 Å². The SMILES string of the molecule is CC(C[CH]C(=O)N(CCc1cccc(-c2ccccn2)c1)[C@H]1CCCNCC1=O)C(N)=O. The topological polar surface area (TPSA) is 105 Å². The van der Waals surface area contributed by atoms with E-state index in [1.807, 2.05) is 36.4 Å². The van der Waals surface area contributed by atoms with Gasteiger partial charge in [0.25, 0.3) is 0 Å². The highest BCUT2D eigenvalue weighted by molar-refractivity contribution is 5.93. The van der Waals surface area contributed by atoms with Crippen LogP contribution < -0.4 is 11.1 Å². The van der Waals surface area contributed by atoms with E-state index in [-0.39, 0.29) is 24.7 Å². The van der Waals surface area contributed by atoms with Crippen molar-refractivity contribution in [3.05, 3.63) is 60.6 Å². The van der Waals surface area contributed by atoms with Gasteiger partial charge in [0.2, 0.25) is 11.8 Å². The molecule has 1 radical (unpaired) electrons. The number of benzene rings is 1. The second-order valence-corrected chi connectivity index (χ2v) is 8.24. The lowest BCUT2D eigenvalue weighted by Crippen LogP contribution is -2.47. The smallest absolute Gasteiger partial charge is 0.227 e. The maximum atomic E-state index is 13.1. The molecule has 7 heteroatoms. The van der Waals surface area contributed by atoms with Gasteiger partial charge in [0.15, 0.2) is 5.78 Å². The summed E-state index contributed by atoms with van der Waals surface area (Å²) < 4.78 is 0. The van der Waals surface area contributed by atoms with Crippen LogP contribution in [0.3, 0.4) is 0 Å². The standard InChI is InChI=1S/C25H31N4O3/c1-18(25(26)32)10-11-24(31)29(22-9-5-13-27-17-23(22)30)15-12-19-6-4-7-20(16-19)21-8-2-3-14-28-21/h2-4,6-8,11,14,16,18,22,27H,5,9-10,12-13,15,17H2,1H3,(H2,26,32)/t18?,22-/m0/s1. The van der Waals surface area contributed by atoms with Crippen molar-refractivity contribution in [2.45, 2.75) is 38.6 Å². The summed E-state index contributed by atoms with van der Waals surface area (Å²) in [5.41, 5.74) is 8.30. The van der Waals surface area contributed by atoms with E-state index in [1.54, 1.807) is 18.0 Å². The summed E-state index contributed by atoms with van der Waals surface area (Å²) in [6.45, 7) is 3.14. The minimum atomic E-state index is -0.461. The molecule has 1 unspecified atom stereocenters. The van der Waals surface area contributed by atoms with Gasteiger partial charge in [0.05, 0.1) is 24.7 Å². The minimum absolute atomic E-state index is 0.0226. The second kappa shape index (κ2) is 11.5. The summed E-state index contributed by atoms with van der Waals surface area (Å²) in [4.78, 5) is 43.2. The maximum Gasteiger partial charge on any atom is 0.227 e. The lowest BCUT2D eigenvalue weighted by molar-refractivity contribution is -0.137. The lowest BCUT2D eigenvalue weighted by atomic mass is 10.0. The molecule has 3 N–H and O–H groups in total. The molecule has 1 aromatic heterocycles. The van der Waals surface area contributed by atoms with Gasteiger partial charge in [0, 0.05) is 24.2 Å². The monoisotopic (exact) mass is 435 g/mol. The Labute approximate surface area is 189 Å². The fourth-order valence-corrected chi connectivity index (χ4v) is 3.84. The lowest BCUT2D eigenvalue weighted by Gasteiger charge is -2.30. The van der Waals surface area contributed by atoms with E-state index in [0.717, 1.165) is 29.8 Å². The predicted octanol–water partition coefficient (Wildman–Crippen LogP) is 2.16. The van der Waals surface area contributed by atoms with Crippen molar-refractivity contribution in [2.24, 2.45) is 11.7 Å². The van der Waals surface area contributed by atoms with E-state index >= 15 is 0 Å². The van der Waals surface area contributed by atoms with Gasteiger partial charge in [-0.1, -0.05) is 31.2 Å². The van der Waals surface area contributed by atoms with Gasteiger partial charge in [-0.05, 0) is 56.0 Å². The summed E-state index contributed by atoms with van der Waals surface area (Å²) in [5, 5.41) is 3.12. The molecule has 7 nitrogen and oxygen atoms in total. The first-order valence-corrected chi connectivity index (χ1v) is 11.1. The average Bonchev–Trinajstić information content (AvgIpc) is 3.02. The van der Waals surface area contributed by atoms with Crippen LogP contribution in [0.15, 0.2) is 48.7 Å². The van der Waals surface area contributed by atoms with Crippen LogP contribution >= 0.6 is 0 Å². The van der Waals surface area contributed by atoms with Crippen molar-refractivity contribution in [3.8, 4) is 11.3 Å². The number of primary amides is 1. The van der Waals surface area contributed by atoms with Crippen LogP contribution in [-0.4, -0.2) is 53.2 Å². The van der Waals surface area contributed by atoms with Crippen molar-refractivity contribution < 1.29 is 14.4 Å². The Morgan fingerprint density at radius 1 is 1.28 bits per heavy atom. The number of pyridine rings is 1. The third-order valence-electron chi connectivity index (χ3n) is 5.82. The second-order valence-electron chi connectivity index (χ2n) is 8.24. The van der Waals surface area contributed by atoms with Crippen LogP contribution in [0.25, 0.3) is 11.3 Å². The number of ketones is 1. The average molecular weight is 436 g/mol. The van der Waals surface area contributed by atoms with Gasteiger partial charge < -0.3 is 16.0 Å². The number of carbonyl (C=O) groups is 3. The number of nitrogens with zero attached hydrogens (tertiary/aromatic N) is 2. The van der Waals surface area contributed by atoms with Crippen LogP contribution in [0.5, 0.6) is 0 Å². The zero-order valence-electron chi connectivity index (χ0n) is 18.5. The Balaban J connectivity index is 1.74. The van der Waals surface area contributed by atoms with Crippen molar-refractivity contribution in [1.82, 2.24) is 15.2 Å².